The highest BCUT2D eigenvalue weighted by Crippen LogP contribution is 2.35. The molecule has 3 aromatic rings. The first kappa shape index (κ1) is 25.4. The van der Waals surface area contributed by atoms with E-state index in [1.165, 1.54) is 4.40 Å². The molecule has 0 radical (unpaired) electrons. The second-order valence-corrected chi connectivity index (χ2v) is 10.5. The smallest absolute Gasteiger partial charge is 0.381 e. The largest absolute Gasteiger partial charge is 0.417 e. The Bertz CT molecular complexity index is 1330. The van der Waals surface area contributed by atoms with Gasteiger partial charge in [-0.25, -0.2) is 4.98 Å². The van der Waals surface area contributed by atoms with Gasteiger partial charge in [0.25, 0.3) is 5.91 Å². The van der Waals surface area contributed by atoms with Crippen LogP contribution in [-0.4, -0.2) is 46.5 Å². The van der Waals surface area contributed by atoms with Gasteiger partial charge in [0.1, 0.15) is 5.65 Å². The van der Waals surface area contributed by atoms with Crippen molar-refractivity contribution < 1.29 is 22.7 Å². The normalized spacial score (nSPS) is 17.6. The number of aromatic nitrogens is 2. The molecule has 36 heavy (non-hydrogen) atoms. The van der Waals surface area contributed by atoms with Crippen LogP contribution in [0.15, 0.2) is 24.4 Å². The van der Waals surface area contributed by atoms with Gasteiger partial charge < -0.3 is 14.0 Å². The Morgan fingerprint density at radius 3 is 2.44 bits per heavy atom. The minimum atomic E-state index is -4.46. The molecule has 0 bridgehead atoms. The Kier molecular flexibility index (Phi) is 6.72. The molecule has 0 spiro atoms. The van der Waals surface area contributed by atoms with E-state index < -0.39 is 11.7 Å². The summed E-state index contributed by atoms with van der Waals surface area (Å²) in [5.74, 6) is 1.04. The fourth-order valence-electron chi connectivity index (χ4n) is 5.16. The van der Waals surface area contributed by atoms with Crippen molar-refractivity contribution in [1.82, 2.24) is 14.3 Å². The van der Waals surface area contributed by atoms with Gasteiger partial charge in [0.2, 0.25) is 0 Å². The van der Waals surface area contributed by atoms with Gasteiger partial charge in [-0.15, -0.1) is 0 Å². The number of fused-ring (bicyclic) bond motifs is 1. The van der Waals surface area contributed by atoms with Crippen molar-refractivity contribution in [3.8, 4) is 0 Å². The maximum absolute atomic E-state index is 13.3. The molecule has 2 fully saturated rings. The second-order valence-electron chi connectivity index (χ2n) is 9.74. The van der Waals surface area contributed by atoms with Crippen LogP contribution in [0.3, 0.4) is 0 Å². The maximum atomic E-state index is 13.3. The van der Waals surface area contributed by atoms with E-state index in [1.54, 1.807) is 26.0 Å². The molecule has 1 amide bonds. The summed E-state index contributed by atoms with van der Waals surface area (Å²) >= 11 is 13.2. The van der Waals surface area contributed by atoms with Crippen LogP contribution in [0.5, 0.6) is 0 Å². The first-order valence-electron chi connectivity index (χ1n) is 11.9. The van der Waals surface area contributed by atoms with Gasteiger partial charge in [-0.1, -0.05) is 23.2 Å². The zero-order valence-electron chi connectivity index (χ0n) is 20.0. The van der Waals surface area contributed by atoms with Crippen molar-refractivity contribution >= 4 is 34.8 Å². The Hall–Kier alpha value is -2.29. The van der Waals surface area contributed by atoms with E-state index in [0.29, 0.717) is 63.7 Å². The van der Waals surface area contributed by atoms with Crippen LogP contribution >= 0.6 is 23.2 Å². The number of hydrogen-bond acceptors (Lipinski definition) is 3. The number of benzene rings is 1. The van der Waals surface area contributed by atoms with Crippen LogP contribution in [0.4, 0.5) is 13.2 Å². The number of carbonyl (C=O) groups excluding carboxylic acids is 1. The van der Waals surface area contributed by atoms with E-state index in [1.807, 2.05) is 4.90 Å². The van der Waals surface area contributed by atoms with Crippen LogP contribution in [-0.2, 0) is 17.3 Å². The summed E-state index contributed by atoms with van der Waals surface area (Å²) in [4.78, 5) is 19.7. The predicted molar refractivity (Wildman–Crippen MR) is 132 cm³/mol. The zero-order valence-corrected chi connectivity index (χ0v) is 21.5. The number of ether oxygens (including phenoxy) is 1. The Balaban J connectivity index is 1.41. The van der Waals surface area contributed by atoms with E-state index in [0.717, 1.165) is 38.3 Å². The quantitative estimate of drug-likeness (QED) is 0.387. The first-order valence-corrected chi connectivity index (χ1v) is 12.7. The summed E-state index contributed by atoms with van der Waals surface area (Å²) in [5, 5.41) is 0.635. The number of aryl methyl sites for hydroxylation is 2. The van der Waals surface area contributed by atoms with Gasteiger partial charge in [0, 0.05) is 42.3 Å². The molecule has 2 aliphatic heterocycles. The average Bonchev–Trinajstić information content (AvgIpc) is 3.11. The number of halogens is 5. The number of pyridine rings is 1. The minimum absolute atomic E-state index is 0.140. The topological polar surface area (TPSA) is 46.8 Å². The fraction of sp³-hybridized carbons (Fsp3) is 0.462. The summed E-state index contributed by atoms with van der Waals surface area (Å²) < 4.78 is 46.8. The van der Waals surface area contributed by atoms with E-state index in [4.69, 9.17) is 27.9 Å². The molecule has 5 rings (SSSR count). The number of piperidine rings is 1. The number of imidazole rings is 1. The van der Waals surface area contributed by atoms with E-state index in [2.05, 4.69) is 4.98 Å². The highest BCUT2D eigenvalue weighted by atomic mass is 35.5. The zero-order chi connectivity index (χ0) is 25.8. The van der Waals surface area contributed by atoms with Crippen molar-refractivity contribution in [3.05, 3.63) is 68.1 Å². The van der Waals surface area contributed by atoms with Gasteiger partial charge in [-0.2, -0.15) is 13.2 Å². The molecule has 192 valence electrons. The molecule has 0 unspecified atom stereocenters. The summed E-state index contributed by atoms with van der Waals surface area (Å²) in [6.45, 7) is 6.26. The number of hydrogen-bond donors (Lipinski definition) is 0. The molecule has 0 N–H and O–H groups in total. The lowest BCUT2D eigenvalue weighted by Crippen LogP contribution is -2.44. The Morgan fingerprint density at radius 2 is 1.83 bits per heavy atom. The summed E-state index contributed by atoms with van der Waals surface area (Å²) in [6, 6.07) is 4.37. The number of amides is 1. The van der Waals surface area contributed by atoms with E-state index >= 15 is 0 Å². The van der Waals surface area contributed by atoms with Crippen molar-refractivity contribution in [1.29, 1.82) is 0 Å². The van der Waals surface area contributed by atoms with Crippen molar-refractivity contribution in [2.75, 3.05) is 26.3 Å². The number of likely N-dealkylation sites (tertiary alicyclic amines) is 1. The molecule has 0 aliphatic carbocycles. The standard InChI is InChI=1S/C26H26Cl2F3N3O2/c1-14-9-18(26(29,30)31)11-34-15(2)22(32-24(14)34)10-20-21(27)4-3-19(23(20)28)25(35)33-7-5-16(6-8-33)17-12-36-13-17/h3-4,9,11,16-17H,5-8,10,12-13H2,1-2H3. The average molecular weight is 540 g/mol. The third-order valence-electron chi connectivity index (χ3n) is 7.49. The molecule has 10 heteroatoms. The van der Waals surface area contributed by atoms with Crippen molar-refractivity contribution in [2.24, 2.45) is 11.8 Å². The molecule has 2 saturated heterocycles. The molecule has 0 atom stereocenters. The summed E-state index contributed by atoms with van der Waals surface area (Å²) in [5.41, 5.74) is 2.13. The summed E-state index contributed by atoms with van der Waals surface area (Å²) in [7, 11) is 0. The lowest BCUT2D eigenvalue weighted by atomic mass is 9.83. The molecular weight excluding hydrogens is 514 g/mol. The molecule has 2 aromatic heterocycles. The molecular formula is C26H26Cl2F3N3O2. The lowest BCUT2D eigenvalue weighted by molar-refractivity contribution is -0.137. The van der Waals surface area contributed by atoms with Gasteiger partial charge >= 0.3 is 6.18 Å². The van der Waals surface area contributed by atoms with Crippen LogP contribution in [0.1, 0.15) is 51.3 Å². The number of alkyl halides is 3. The second kappa shape index (κ2) is 9.54. The fourth-order valence-corrected chi connectivity index (χ4v) is 5.74. The van der Waals surface area contributed by atoms with Gasteiger partial charge in [0.05, 0.1) is 35.1 Å². The predicted octanol–water partition coefficient (Wildman–Crippen LogP) is 6.37. The highest BCUT2D eigenvalue weighted by molar-refractivity contribution is 6.38. The minimum Gasteiger partial charge on any atom is -0.381 e. The number of carbonyl (C=O) groups is 1. The SMILES string of the molecule is Cc1cc(C(F)(F)F)cn2c(C)c(Cc3c(Cl)ccc(C(=O)N4CCC(C5COC5)CC4)c3Cl)nc12. The van der Waals surface area contributed by atoms with E-state index in [9.17, 15) is 18.0 Å². The molecule has 4 heterocycles. The third kappa shape index (κ3) is 4.59. The van der Waals surface area contributed by atoms with Gasteiger partial charge in [0.15, 0.2) is 0 Å². The molecule has 2 aliphatic rings. The highest BCUT2D eigenvalue weighted by Gasteiger charge is 2.34. The number of nitrogens with zero attached hydrogens (tertiary/aromatic N) is 3. The van der Waals surface area contributed by atoms with E-state index in [-0.39, 0.29) is 17.4 Å². The molecule has 1 aromatic carbocycles. The first-order chi connectivity index (χ1) is 17.0. The summed E-state index contributed by atoms with van der Waals surface area (Å²) in [6.07, 6.45) is -1.33. The third-order valence-corrected chi connectivity index (χ3v) is 8.27. The van der Waals surface area contributed by atoms with Crippen LogP contribution < -0.4 is 0 Å². The van der Waals surface area contributed by atoms with Crippen LogP contribution in [0, 0.1) is 25.7 Å². The Labute approximate surface area is 217 Å². The van der Waals surface area contributed by atoms with Crippen LogP contribution in [0.2, 0.25) is 10.0 Å². The van der Waals surface area contributed by atoms with Gasteiger partial charge in [-0.05, 0) is 61.9 Å². The monoisotopic (exact) mass is 539 g/mol. The van der Waals surface area contributed by atoms with Crippen molar-refractivity contribution in [2.45, 2.75) is 39.3 Å². The van der Waals surface area contributed by atoms with Crippen LogP contribution in [0.25, 0.3) is 5.65 Å². The molecule has 5 nitrogen and oxygen atoms in total. The van der Waals surface area contributed by atoms with Crippen molar-refractivity contribution in [3.63, 3.8) is 0 Å². The molecule has 0 saturated carbocycles. The number of rotatable bonds is 4. The van der Waals surface area contributed by atoms with Gasteiger partial charge in [-0.3, -0.25) is 4.79 Å². The lowest BCUT2D eigenvalue weighted by Gasteiger charge is -2.39. The Morgan fingerprint density at radius 1 is 1.14 bits per heavy atom. The maximum Gasteiger partial charge on any atom is 0.417 e.